The van der Waals surface area contributed by atoms with Crippen molar-refractivity contribution in [2.45, 2.75) is 6.92 Å². The number of rotatable bonds is 1. The van der Waals surface area contributed by atoms with E-state index in [1.165, 1.54) is 0 Å². The predicted molar refractivity (Wildman–Crippen MR) is 56.1 cm³/mol. The minimum absolute atomic E-state index is 0.434. The molecule has 0 spiro atoms. The zero-order valence-corrected chi connectivity index (χ0v) is 8.92. The van der Waals surface area contributed by atoms with Gasteiger partial charge in [-0.15, -0.1) is 0 Å². The summed E-state index contributed by atoms with van der Waals surface area (Å²) >= 11 is 11.7. The second-order valence-corrected chi connectivity index (χ2v) is 3.62. The van der Waals surface area contributed by atoms with Crippen LogP contribution in [0.2, 0.25) is 10.2 Å². The fraction of sp³-hybridized carbons (Fsp3) is 0.111. The molecule has 2 aromatic heterocycles. The van der Waals surface area contributed by atoms with Crippen molar-refractivity contribution in [3.8, 4) is 5.82 Å². The highest BCUT2D eigenvalue weighted by Crippen LogP contribution is 2.19. The molecule has 0 amide bonds. The first kappa shape index (κ1) is 9.49. The molecule has 0 aliphatic carbocycles. The summed E-state index contributed by atoms with van der Waals surface area (Å²) in [6.45, 7) is 1.89. The fourth-order valence-electron chi connectivity index (χ4n) is 1.18. The minimum Gasteiger partial charge on any atom is -0.236 e. The van der Waals surface area contributed by atoms with Crippen LogP contribution in [0.3, 0.4) is 0 Å². The van der Waals surface area contributed by atoms with E-state index in [-0.39, 0.29) is 0 Å². The lowest BCUT2D eigenvalue weighted by molar-refractivity contribution is 0.818. The van der Waals surface area contributed by atoms with E-state index in [0.717, 1.165) is 5.69 Å². The zero-order chi connectivity index (χ0) is 10.1. The molecule has 0 N–H and O–H groups in total. The standard InChI is InChI=1S/C9H7Cl2N3/c1-6-5-8(11)13-14(6)9-7(10)3-2-4-12-9/h2-5H,1H3. The van der Waals surface area contributed by atoms with Gasteiger partial charge < -0.3 is 0 Å². The molecular formula is C9H7Cl2N3. The molecular weight excluding hydrogens is 221 g/mol. The van der Waals surface area contributed by atoms with Gasteiger partial charge in [-0.3, -0.25) is 0 Å². The molecule has 0 saturated carbocycles. The highest BCUT2D eigenvalue weighted by molar-refractivity contribution is 6.32. The number of hydrogen-bond acceptors (Lipinski definition) is 2. The minimum atomic E-state index is 0.434. The number of aromatic nitrogens is 3. The maximum atomic E-state index is 5.97. The molecule has 2 aromatic rings. The Morgan fingerprint density at radius 1 is 1.36 bits per heavy atom. The van der Waals surface area contributed by atoms with Crippen molar-refractivity contribution in [3.05, 3.63) is 40.3 Å². The molecule has 72 valence electrons. The van der Waals surface area contributed by atoms with Gasteiger partial charge in [0.25, 0.3) is 0 Å². The SMILES string of the molecule is Cc1cc(Cl)nn1-c1ncccc1Cl. The van der Waals surface area contributed by atoms with Crippen molar-refractivity contribution in [2.24, 2.45) is 0 Å². The largest absolute Gasteiger partial charge is 0.236 e. The first-order valence-corrected chi connectivity index (χ1v) is 4.77. The fourth-order valence-corrected chi connectivity index (χ4v) is 1.62. The molecule has 2 heterocycles. The van der Waals surface area contributed by atoms with E-state index in [9.17, 15) is 0 Å². The molecule has 0 radical (unpaired) electrons. The van der Waals surface area contributed by atoms with E-state index >= 15 is 0 Å². The summed E-state index contributed by atoms with van der Waals surface area (Å²) in [5.41, 5.74) is 0.899. The lowest BCUT2D eigenvalue weighted by Crippen LogP contribution is -2.01. The molecule has 0 unspecified atom stereocenters. The normalized spacial score (nSPS) is 10.5. The number of halogens is 2. The molecule has 0 atom stereocenters. The maximum Gasteiger partial charge on any atom is 0.172 e. The van der Waals surface area contributed by atoms with Crippen LogP contribution in [-0.4, -0.2) is 14.8 Å². The summed E-state index contributed by atoms with van der Waals surface area (Å²) < 4.78 is 1.62. The first-order chi connectivity index (χ1) is 6.68. The Kier molecular flexibility index (Phi) is 2.44. The summed E-state index contributed by atoms with van der Waals surface area (Å²) in [5.74, 6) is 0.596. The van der Waals surface area contributed by atoms with Gasteiger partial charge in [-0.05, 0) is 25.1 Å². The Balaban J connectivity index is 2.60. The lowest BCUT2D eigenvalue weighted by atomic mass is 10.4. The van der Waals surface area contributed by atoms with Crippen LogP contribution in [-0.2, 0) is 0 Å². The van der Waals surface area contributed by atoms with Gasteiger partial charge in [-0.2, -0.15) is 5.10 Å². The molecule has 3 nitrogen and oxygen atoms in total. The van der Waals surface area contributed by atoms with E-state index in [4.69, 9.17) is 23.2 Å². The molecule has 5 heteroatoms. The van der Waals surface area contributed by atoms with Gasteiger partial charge >= 0.3 is 0 Å². The van der Waals surface area contributed by atoms with Gasteiger partial charge in [0.1, 0.15) is 0 Å². The third-order valence-electron chi connectivity index (χ3n) is 1.80. The van der Waals surface area contributed by atoms with Gasteiger partial charge in [0.15, 0.2) is 11.0 Å². The van der Waals surface area contributed by atoms with E-state index < -0.39 is 0 Å². The quantitative estimate of drug-likeness (QED) is 0.751. The topological polar surface area (TPSA) is 30.7 Å². The Bertz CT molecular complexity index is 465. The summed E-state index contributed by atoms with van der Waals surface area (Å²) in [6.07, 6.45) is 1.66. The molecule has 0 aliphatic rings. The summed E-state index contributed by atoms with van der Waals surface area (Å²) in [7, 11) is 0. The number of aryl methyl sites for hydroxylation is 1. The summed E-state index contributed by atoms with van der Waals surface area (Å²) in [4.78, 5) is 4.13. The molecule has 0 bridgehead atoms. The van der Waals surface area contributed by atoms with Crippen molar-refractivity contribution in [1.29, 1.82) is 0 Å². The van der Waals surface area contributed by atoms with E-state index in [1.807, 2.05) is 6.92 Å². The van der Waals surface area contributed by atoms with Crippen LogP contribution in [0.5, 0.6) is 0 Å². The van der Waals surface area contributed by atoms with Crippen molar-refractivity contribution >= 4 is 23.2 Å². The molecule has 0 saturated heterocycles. The third-order valence-corrected chi connectivity index (χ3v) is 2.28. The Morgan fingerprint density at radius 3 is 2.71 bits per heavy atom. The first-order valence-electron chi connectivity index (χ1n) is 4.01. The molecule has 0 aliphatic heterocycles. The number of hydrogen-bond donors (Lipinski definition) is 0. The molecule has 0 aromatic carbocycles. The number of nitrogens with zero attached hydrogens (tertiary/aromatic N) is 3. The van der Waals surface area contributed by atoms with Gasteiger partial charge in [-0.25, -0.2) is 9.67 Å². The van der Waals surface area contributed by atoms with Crippen LogP contribution in [0.25, 0.3) is 5.82 Å². The second-order valence-electron chi connectivity index (χ2n) is 2.83. The van der Waals surface area contributed by atoms with Crippen molar-refractivity contribution in [3.63, 3.8) is 0 Å². The van der Waals surface area contributed by atoms with Crippen molar-refractivity contribution in [1.82, 2.24) is 14.8 Å². The van der Waals surface area contributed by atoms with Gasteiger partial charge in [-0.1, -0.05) is 23.2 Å². The lowest BCUT2D eigenvalue weighted by Gasteiger charge is -2.03. The van der Waals surface area contributed by atoms with Gasteiger partial charge in [0.05, 0.1) is 5.02 Å². The van der Waals surface area contributed by atoms with Crippen LogP contribution < -0.4 is 0 Å². The van der Waals surface area contributed by atoms with E-state index in [2.05, 4.69) is 10.1 Å². The van der Waals surface area contributed by atoms with Crippen molar-refractivity contribution in [2.75, 3.05) is 0 Å². The van der Waals surface area contributed by atoms with Crippen LogP contribution >= 0.6 is 23.2 Å². The molecule has 2 rings (SSSR count). The highest BCUT2D eigenvalue weighted by atomic mass is 35.5. The Hall–Kier alpha value is -1.06. The summed E-state index contributed by atoms with van der Waals surface area (Å²) in [5, 5.41) is 5.06. The predicted octanol–water partition coefficient (Wildman–Crippen LogP) is 2.88. The Labute approximate surface area is 91.3 Å². The van der Waals surface area contributed by atoms with E-state index in [1.54, 1.807) is 29.1 Å². The monoisotopic (exact) mass is 227 g/mol. The maximum absolute atomic E-state index is 5.97. The van der Waals surface area contributed by atoms with Crippen LogP contribution in [0.4, 0.5) is 0 Å². The Morgan fingerprint density at radius 2 is 2.14 bits per heavy atom. The highest BCUT2D eigenvalue weighted by Gasteiger charge is 2.08. The van der Waals surface area contributed by atoms with Crippen LogP contribution in [0.15, 0.2) is 24.4 Å². The van der Waals surface area contributed by atoms with Crippen LogP contribution in [0.1, 0.15) is 5.69 Å². The zero-order valence-electron chi connectivity index (χ0n) is 7.41. The van der Waals surface area contributed by atoms with Gasteiger partial charge in [0.2, 0.25) is 0 Å². The van der Waals surface area contributed by atoms with Crippen molar-refractivity contribution < 1.29 is 0 Å². The summed E-state index contributed by atoms with van der Waals surface area (Å²) in [6, 6.07) is 5.29. The third kappa shape index (κ3) is 1.61. The van der Waals surface area contributed by atoms with Crippen LogP contribution in [0, 0.1) is 6.92 Å². The average molecular weight is 228 g/mol. The molecule has 0 fully saturated rings. The van der Waals surface area contributed by atoms with Gasteiger partial charge in [0, 0.05) is 11.9 Å². The smallest absolute Gasteiger partial charge is 0.172 e. The second kappa shape index (κ2) is 3.59. The average Bonchev–Trinajstić information content (AvgIpc) is 2.46. The van der Waals surface area contributed by atoms with E-state index in [0.29, 0.717) is 16.0 Å². The molecule has 14 heavy (non-hydrogen) atoms. The number of pyridine rings is 1.